The number of hydrogen-bond acceptors (Lipinski definition) is 0. The molecule has 0 aliphatic heterocycles. The van der Waals surface area contributed by atoms with Crippen molar-refractivity contribution in [1.29, 1.82) is 0 Å². The van der Waals surface area contributed by atoms with Gasteiger partial charge in [0.25, 0.3) is 0 Å². The molecule has 0 radical (unpaired) electrons. The van der Waals surface area contributed by atoms with Gasteiger partial charge in [0.15, 0.2) is 0 Å². The van der Waals surface area contributed by atoms with E-state index < -0.39 is 0 Å². The van der Waals surface area contributed by atoms with Gasteiger partial charge in [0.05, 0.1) is 0 Å². The molecule has 0 heteroatoms. The van der Waals surface area contributed by atoms with Crippen LogP contribution in [0.1, 0.15) is 50.0 Å². The van der Waals surface area contributed by atoms with Crippen LogP contribution in [0.5, 0.6) is 0 Å². The SMILES string of the molecule is c1ccc(C2CC23C2CC4CC(C2)CC3C4)cc1. The van der Waals surface area contributed by atoms with Crippen molar-refractivity contribution in [3.63, 3.8) is 0 Å². The van der Waals surface area contributed by atoms with Gasteiger partial charge in [-0.1, -0.05) is 30.3 Å². The summed E-state index contributed by atoms with van der Waals surface area (Å²) in [7, 11) is 0. The lowest BCUT2D eigenvalue weighted by Crippen LogP contribution is -2.47. The van der Waals surface area contributed by atoms with Gasteiger partial charge >= 0.3 is 0 Å². The third kappa shape index (κ3) is 1.13. The van der Waals surface area contributed by atoms with E-state index in [1.165, 1.54) is 6.42 Å². The molecule has 0 saturated heterocycles. The Morgan fingerprint density at radius 1 is 0.778 bits per heavy atom. The average Bonchev–Trinajstić information content (AvgIpc) is 3.13. The van der Waals surface area contributed by atoms with Crippen LogP contribution in [-0.2, 0) is 0 Å². The highest BCUT2D eigenvalue weighted by Crippen LogP contribution is 2.77. The molecule has 1 aromatic rings. The summed E-state index contributed by atoms with van der Waals surface area (Å²) in [4.78, 5) is 0. The van der Waals surface area contributed by atoms with Gasteiger partial charge in [-0.05, 0) is 79.1 Å². The summed E-state index contributed by atoms with van der Waals surface area (Å²) < 4.78 is 0. The molecular formula is C18H22. The van der Waals surface area contributed by atoms with E-state index in [1.807, 2.05) is 0 Å². The first-order chi connectivity index (χ1) is 8.86. The summed E-state index contributed by atoms with van der Waals surface area (Å²) in [5.74, 6) is 5.36. The molecule has 0 aromatic heterocycles. The van der Waals surface area contributed by atoms with Gasteiger partial charge < -0.3 is 0 Å². The molecule has 94 valence electrons. The van der Waals surface area contributed by atoms with Gasteiger partial charge in [0.2, 0.25) is 0 Å². The lowest BCUT2D eigenvalue weighted by atomic mass is 9.49. The largest absolute Gasteiger partial charge is 0.0622 e. The molecule has 4 bridgehead atoms. The lowest BCUT2D eigenvalue weighted by Gasteiger charge is -2.56. The highest BCUT2D eigenvalue weighted by Gasteiger charge is 2.68. The van der Waals surface area contributed by atoms with Gasteiger partial charge in [-0.25, -0.2) is 0 Å². The first-order valence-electron chi connectivity index (χ1n) is 7.91. The molecule has 6 rings (SSSR count). The molecule has 1 unspecified atom stereocenters. The second-order valence-electron chi connectivity index (χ2n) is 7.58. The third-order valence-corrected chi connectivity index (χ3v) is 6.91. The van der Waals surface area contributed by atoms with E-state index in [1.54, 1.807) is 37.7 Å². The fourth-order valence-corrected chi connectivity index (χ4v) is 6.37. The second kappa shape index (κ2) is 3.21. The molecule has 5 saturated carbocycles. The van der Waals surface area contributed by atoms with Gasteiger partial charge in [-0.2, -0.15) is 0 Å². The van der Waals surface area contributed by atoms with Crippen molar-refractivity contribution < 1.29 is 0 Å². The molecule has 0 amide bonds. The van der Waals surface area contributed by atoms with Crippen LogP contribution in [0.3, 0.4) is 0 Å². The molecule has 1 spiro atoms. The molecule has 0 nitrogen and oxygen atoms in total. The van der Waals surface area contributed by atoms with Crippen molar-refractivity contribution >= 4 is 0 Å². The van der Waals surface area contributed by atoms with E-state index >= 15 is 0 Å². The van der Waals surface area contributed by atoms with Crippen LogP contribution in [-0.4, -0.2) is 0 Å². The number of benzene rings is 1. The van der Waals surface area contributed by atoms with E-state index in [2.05, 4.69) is 30.3 Å². The molecule has 5 fully saturated rings. The molecule has 0 N–H and O–H groups in total. The predicted molar refractivity (Wildman–Crippen MR) is 73.3 cm³/mol. The summed E-state index contributed by atoms with van der Waals surface area (Å²) in [6.45, 7) is 0. The van der Waals surface area contributed by atoms with E-state index in [4.69, 9.17) is 0 Å². The minimum atomic E-state index is 0.773. The fraction of sp³-hybridized carbons (Fsp3) is 0.667. The minimum absolute atomic E-state index is 0.773. The summed E-state index contributed by atoms with van der Waals surface area (Å²) >= 11 is 0. The second-order valence-corrected chi connectivity index (χ2v) is 7.58. The van der Waals surface area contributed by atoms with Crippen LogP contribution < -0.4 is 0 Å². The van der Waals surface area contributed by atoms with Crippen LogP contribution in [0.2, 0.25) is 0 Å². The Morgan fingerprint density at radius 2 is 1.39 bits per heavy atom. The van der Waals surface area contributed by atoms with Crippen molar-refractivity contribution in [2.45, 2.75) is 44.4 Å². The molecule has 1 aromatic carbocycles. The maximum atomic E-state index is 2.38. The Hall–Kier alpha value is -0.780. The van der Waals surface area contributed by atoms with Crippen molar-refractivity contribution in [3.8, 4) is 0 Å². The van der Waals surface area contributed by atoms with Gasteiger partial charge in [0.1, 0.15) is 0 Å². The van der Waals surface area contributed by atoms with Gasteiger partial charge in [0, 0.05) is 0 Å². The van der Waals surface area contributed by atoms with Crippen LogP contribution in [0, 0.1) is 29.1 Å². The first kappa shape index (κ1) is 10.1. The minimum Gasteiger partial charge on any atom is -0.0622 e. The normalized spacial score (nSPS) is 51.9. The van der Waals surface area contributed by atoms with Crippen LogP contribution in [0.4, 0.5) is 0 Å². The highest BCUT2D eigenvalue weighted by atomic mass is 14.7. The first-order valence-corrected chi connectivity index (χ1v) is 7.91. The lowest BCUT2D eigenvalue weighted by molar-refractivity contribution is -0.0549. The summed E-state index contributed by atoms with van der Waals surface area (Å²) in [5, 5.41) is 0. The summed E-state index contributed by atoms with van der Waals surface area (Å²) in [5.41, 5.74) is 2.42. The van der Waals surface area contributed by atoms with E-state index in [-0.39, 0.29) is 0 Å². The Kier molecular flexibility index (Phi) is 1.79. The molecular weight excluding hydrogens is 216 g/mol. The fourth-order valence-electron chi connectivity index (χ4n) is 6.37. The molecule has 5 aliphatic rings. The topological polar surface area (TPSA) is 0 Å². The maximum absolute atomic E-state index is 2.38. The quantitative estimate of drug-likeness (QED) is 0.670. The van der Waals surface area contributed by atoms with Crippen molar-refractivity contribution in [2.75, 3.05) is 0 Å². The molecule has 1 atom stereocenters. The highest BCUT2D eigenvalue weighted by molar-refractivity contribution is 5.33. The smallest absolute Gasteiger partial charge is 0.00941 e. The van der Waals surface area contributed by atoms with Crippen LogP contribution in [0.15, 0.2) is 30.3 Å². The van der Waals surface area contributed by atoms with Gasteiger partial charge in [-0.3, -0.25) is 0 Å². The zero-order chi connectivity index (χ0) is 11.7. The van der Waals surface area contributed by atoms with E-state index in [0.29, 0.717) is 0 Å². The average molecular weight is 238 g/mol. The Balaban J connectivity index is 1.52. The number of rotatable bonds is 1. The predicted octanol–water partition coefficient (Wildman–Crippen LogP) is 4.62. The summed E-state index contributed by atoms with van der Waals surface area (Å²) in [6, 6.07) is 11.4. The van der Waals surface area contributed by atoms with Crippen molar-refractivity contribution in [3.05, 3.63) is 35.9 Å². The molecule has 5 aliphatic carbocycles. The number of hydrogen-bond donors (Lipinski definition) is 0. The Labute approximate surface area is 110 Å². The zero-order valence-corrected chi connectivity index (χ0v) is 11.0. The van der Waals surface area contributed by atoms with Crippen molar-refractivity contribution in [2.24, 2.45) is 29.1 Å². The molecule has 0 heterocycles. The van der Waals surface area contributed by atoms with E-state index in [0.717, 1.165) is 35.0 Å². The molecule has 18 heavy (non-hydrogen) atoms. The van der Waals surface area contributed by atoms with Crippen LogP contribution >= 0.6 is 0 Å². The summed E-state index contributed by atoms with van der Waals surface area (Å²) in [6.07, 6.45) is 9.42. The zero-order valence-electron chi connectivity index (χ0n) is 11.0. The van der Waals surface area contributed by atoms with E-state index in [9.17, 15) is 0 Å². The van der Waals surface area contributed by atoms with Gasteiger partial charge in [-0.15, -0.1) is 0 Å². The third-order valence-electron chi connectivity index (χ3n) is 6.91. The Bertz CT molecular complexity index is 444. The van der Waals surface area contributed by atoms with Crippen LogP contribution in [0.25, 0.3) is 0 Å². The monoisotopic (exact) mass is 238 g/mol. The maximum Gasteiger partial charge on any atom is -0.00941 e. The standard InChI is InChI=1S/C18H22/c1-2-4-14(5-3-1)17-11-18(17)15-7-12-6-13(9-15)10-16(18)8-12/h1-5,12-13,15-17H,6-11H2. The Morgan fingerprint density at radius 3 is 2.00 bits per heavy atom. The van der Waals surface area contributed by atoms with Crippen molar-refractivity contribution in [1.82, 2.24) is 0 Å².